The lowest BCUT2D eigenvalue weighted by molar-refractivity contribution is 0.463. The molecule has 0 aliphatic rings. The lowest BCUT2D eigenvalue weighted by Gasteiger charge is -2.06. The number of aryl methyl sites for hydroxylation is 2. The molecule has 0 fully saturated rings. The zero-order valence-corrected chi connectivity index (χ0v) is 13.4. The van der Waals surface area contributed by atoms with Gasteiger partial charge in [0.25, 0.3) is 0 Å². The van der Waals surface area contributed by atoms with Crippen molar-refractivity contribution in [2.45, 2.75) is 25.3 Å². The summed E-state index contributed by atoms with van der Waals surface area (Å²) in [7, 11) is -1.80. The minimum absolute atomic E-state index is 0.0266. The Bertz CT molecular complexity index is 938. The number of para-hydroxylation sites is 1. The first-order valence-corrected chi connectivity index (χ1v) is 8.33. The van der Waals surface area contributed by atoms with E-state index in [4.69, 9.17) is 4.42 Å². The van der Waals surface area contributed by atoms with E-state index in [1.54, 1.807) is 20.0 Å². The first kappa shape index (κ1) is 14.8. The summed E-state index contributed by atoms with van der Waals surface area (Å²) in [6.07, 6.45) is 1.56. The third-order valence-corrected chi connectivity index (χ3v) is 5.27. The highest BCUT2D eigenvalue weighted by Gasteiger charge is 2.24. The first-order valence-electron chi connectivity index (χ1n) is 6.85. The van der Waals surface area contributed by atoms with Crippen molar-refractivity contribution >= 4 is 20.9 Å². The third kappa shape index (κ3) is 2.42. The fourth-order valence-electron chi connectivity index (χ4n) is 2.54. The summed E-state index contributed by atoms with van der Waals surface area (Å²) in [6.45, 7) is 3.59. The van der Waals surface area contributed by atoms with Gasteiger partial charge in [0, 0.05) is 23.6 Å². The van der Waals surface area contributed by atoms with Gasteiger partial charge in [-0.3, -0.25) is 0 Å². The van der Waals surface area contributed by atoms with Gasteiger partial charge in [-0.15, -0.1) is 0 Å². The summed E-state index contributed by atoms with van der Waals surface area (Å²) in [5.74, 6) is 0.995. The number of hydrogen-bond donors (Lipinski definition) is 1. The molecule has 2 aromatic heterocycles. The number of benzene rings is 1. The van der Waals surface area contributed by atoms with Crippen LogP contribution < -0.4 is 4.72 Å². The van der Waals surface area contributed by atoms with Crippen LogP contribution in [0.3, 0.4) is 0 Å². The number of oxazole rings is 1. The van der Waals surface area contributed by atoms with Crippen molar-refractivity contribution in [1.82, 2.24) is 14.3 Å². The fourth-order valence-corrected chi connectivity index (χ4v) is 3.98. The Kier molecular flexibility index (Phi) is 3.54. The average molecular weight is 319 g/mol. The van der Waals surface area contributed by atoms with E-state index in [-0.39, 0.29) is 6.54 Å². The Morgan fingerprint density at radius 3 is 2.68 bits per heavy atom. The number of rotatable bonds is 4. The summed E-state index contributed by atoms with van der Waals surface area (Å²) >= 11 is 0. The average Bonchev–Trinajstić information content (AvgIpc) is 3.00. The minimum atomic E-state index is -3.66. The lowest BCUT2D eigenvalue weighted by Crippen LogP contribution is -2.24. The van der Waals surface area contributed by atoms with Crippen LogP contribution >= 0.6 is 0 Å². The highest BCUT2D eigenvalue weighted by atomic mass is 32.2. The maximum Gasteiger partial charge on any atom is 0.243 e. The van der Waals surface area contributed by atoms with E-state index in [2.05, 4.69) is 9.71 Å². The van der Waals surface area contributed by atoms with Crippen LogP contribution in [0, 0.1) is 13.8 Å². The highest BCUT2D eigenvalue weighted by Crippen LogP contribution is 2.28. The molecule has 0 unspecified atom stereocenters. The molecule has 0 amide bonds. The fraction of sp³-hybridized carbons (Fsp3) is 0.267. The monoisotopic (exact) mass is 319 g/mol. The van der Waals surface area contributed by atoms with Gasteiger partial charge in [0.15, 0.2) is 0 Å². The van der Waals surface area contributed by atoms with Crippen LogP contribution in [0.1, 0.15) is 17.3 Å². The molecule has 1 aromatic carbocycles. The number of aromatic nitrogens is 2. The molecule has 0 atom stereocenters. The zero-order chi connectivity index (χ0) is 15.9. The summed E-state index contributed by atoms with van der Waals surface area (Å²) in [6, 6.07) is 7.43. The predicted molar refractivity (Wildman–Crippen MR) is 82.9 cm³/mol. The van der Waals surface area contributed by atoms with E-state index >= 15 is 0 Å². The molecule has 2 heterocycles. The molecule has 116 valence electrons. The highest BCUT2D eigenvalue weighted by molar-refractivity contribution is 7.89. The Labute approximate surface area is 128 Å². The zero-order valence-electron chi connectivity index (χ0n) is 12.6. The SMILES string of the molecule is Cc1cnc(CNS(=O)(=O)c2c(C)n(C)c3ccccc23)o1. The molecule has 3 aromatic rings. The van der Waals surface area contributed by atoms with Crippen LogP contribution in [0.25, 0.3) is 10.9 Å². The Hall–Kier alpha value is -2.12. The molecule has 0 aliphatic carbocycles. The van der Waals surface area contributed by atoms with E-state index in [0.29, 0.717) is 27.6 Å². The molecule has 0 saturated heterocycles. The van der Waals surface area contributed by atoms with Gasteiger partial charge < -0.3 is 8.98 Å². The van der Waals surface area contributed by atoms with Gasteiger partial charge in [0.2, 0.25) is 15.9 Å². The van der Waals surface area contributed by atoms with Crippen molar-refractivity contribution in [1.29, 1.82) is 0 Å². The molecular formula is C15H17N3O3S. The Balaban J connectivity index is 2.00. The van der Waals surface area contributed by atoms with E-state index in [1.807, 2.05) is 35.9 Å². The molecule has 1 N–H and O–H groups in total. The Morgan fingerprint density at radius 2 is 2.00 bits per heavy atom. The van der Waals surface area contributed by atoms with Crippen molar-refractivity contribution in [3.05, 3.63) is 47.8 Å². The molecule has 0 bridgehead atoms. The quantitative estimate of drug-likeness (QED) is 0.800. The lowest BCUT2D eigenvalue weighted by atomic mass is 10.2. The van der Waals surface area contributed by atoms with Crippen LogP contribution in [0.4, 0.5) is 0 Å². The topological polar surface area (TPSA) is 77.1 Å². The smallest absolute Gasteiger partial charge is 0.243 e. The number of nitrogens with zero attached hydrogens (tertiary/aromatic N) is 2. The number of fused-ring (bicyclic) bond motifs is 1. The van der Waals surface area contributed by atoms with Crippen LogP contribution in [-0.2, 0) is 23.6 Å². The predicted octanol–water partition coefficient (Wildman–Crippen LogP) is 2.26. The van der Waals surface area contributed by atoms with E-state index < -0.39 is 10.0 Å². The third-order valence-electron chi connectivity index (χ3n) is 3.69. The van der Waals surface area contributed by atoms with Gasteiger partial charge in [0.05, 0.1) is 12.7 Å². The van der Waals surface area contributed by atoms with Gasteiger partial charge in [0.1, 0.15) is 10.7 Å². The second-order valence-corrected chi connectivity index (χ2v) is 6.88. The molecule has 3 rings (SSSR count). The van der Waals surface area contributed by atoms with Crippen LogP contribution in [-0.4, -0.2) is 18.0 Å². The molecule has 0 saturated carbocycles. The van der Waals surface area contributed by atoms with Crippen molar-refractivity contribution in [2.24, 2.45) is 7.05 Å². The van der Waals surface area contributed by atoms with Crippen molar-refractivity contribution in [2.75, 3.05) is 0 Å². The van der Waals surface area contributed by atoms with Gasteiger partial charge in [-0.05, 0) is 19.9 Å². The number of nitrogens with one attached hydrogen (secondary N) is 1. The van der Waals surface area contributed by atoms with Crippen LogP contribution in [0.15, 0.2) is 39.8 Å². The molecule has 0 aliphatic heterocycles. The molecule has 0 radical (unpaired) electrons. The minimum Gasteiger partial charge on any atom is -0.445 e. The van der Waals surface area contributed by atoms with Crippen molar-refractivity contribution in [3.8, 4) is 0 Å². The maximum absolute atomic E-state index is 12.7. The molecular weight excluding hydrogens is 302 g/mol. The van der Waals surface area contributed by atoms with Crippen molar-refractivity contribution in [3.63, 3.8) is 0 Å². The summed E-state index contributed by atoms with van der Waals surface area (Å²) in [5.41, 5.74) is 1.57. The first-order chi connectivity index (χ1) is 10.4. The van der Waals surface area contributed by atoms with E-state index in [0.717, 1.165) is 5.52 Å². The second-order valence-electron chi connectivity index (χ2n) is 5.18. The van der Waals surface area contributed by atoms with Gasteiger partial charge in [-0.25, -0.2) is 18.1 Å². The van der Waals surface area contributed by atoms with E-state index in [9.17, 15) is 8.42 Å². The largest absolute Gasteiger partial charge is 0.445 e. The summed E-state index contributed by atoms with van der Waals surface area (Å²) in [4.78, 5) is 4.30. The van der Waals surface area contributed by atoms with Crippen molar-refractivity contribution < 1.29 is 12.8 Å². The number of hydrogen-bond acceptors (Lipinski definition) is 4. The van der Waals surface area contributed by atoms with Crippen LogP contribution in [0.2, 0.25) is 0 Å². The normalized spacial score (nSPS) is 12.1. The van der Waals surface area contributed by atoms with Crippen LogP contribution in [0.5, 0.6) is 0 Å². The molecule has 7 heteroatoms. The second kappa shape index (κ2) is 5.26. The summed E-state index contributed by atoms with van der Waals surface area (Å²) in [5, 5.41) is 0.707. The van der Waals surface area contributed by atoms with Gasteiger partial charge in [-0.1, -0.05) is 18.2 Å². The number of sulfonamides is 1. The van der Waals surface area contributed by atoms with Gasteiger partial charge in [-0.2, -0.15) is 0 Å². The standard InChI is InChI=1S/C15H17N3O3S/c1-10-8-16-14(21-10)9-17-22(19,20)15-11(2)18(3)13-7-5-4-6-12(13)15/h4-8,17H,9H2,1-3H3. The van der Waals surface area contributed by atoms with E-state index in [1.165, 1.54) is 0 Å². The Morgan fingerprint density at radius 1 is 1.27 bits per heavy atom. The summed E-state index contributed by atoms with van der Waals surface area (Å²) < 4.78 is 35.1. The van der Waals surface area contributed by atoms with Gasteiger partial charge >= 0.3 is 0 Å². The molecule has 0 spiro atoms. The molecule has 6 nitrogen and oxygen atoms in total. The maximum atomic E-state index is 12.7. The molecule has 22 heavy (non-hydrogen) atoms.